The number of allylic oxidation sites excluding steroid dienone is 1. The van der Waals surface area contributed by atoms with Gasteiger partial charge in [-0.05, 0) is 49.0 Å². The minimum absolute atomic E-state index is 0.0202. The van der Waals surface area contributed by atoms with Gasteiger partial charge in [0.15, 0.2) is 5.78 Å². The predicted molar refractivity (Wildman–Crippen MR) is 137 cm³/mol. The maximum atomic E-state index is 13.4. The molecule has 0 aliphatic heterocycles. The highest BCUT2D eigenvalue weighted by molar-refractivity contribution is 7.18. The van der Waals surface area contributed by atoms with E-state index < -0.39 is 5.92 Å². The Morgan fingerprint density at radius 2 is 1.94 bits per heavy atom. The molecule has 0 fully saturated rings. The van der Waals surface area contributed by atoms with Crippen LogP contribution in [0.25, 0.3) is 10.2 Å². The summed E-state index contributed by atoms with van der Waals surface area (Å²) in [5, 5.41) is 4.05. The van der Waals surface area contributed by atoms with Gasteiger partial charge in [-0.25, -0.2) is 4.98 Å². The maximum Gasteiger partial charge on any atom is 0.224 e. The van der Waals surface area contributed by atoms with E-state index >= 15 is 0 Å². The molecule has 1 aromatic heterocycles. The smallest absolute Gasteiger partial charge is 0.224 e. The lowest BCUT2D eigenvalue weighted by molar-refractivity contribution is -0.130. The SMILES string of the molecule is C=CC(=O)CC[C@@H](NC(=O)[C@@H](CC(=O)CCC)Cc1nc2ccc(CC)cc2s1)[C@@H](C)CC. The molecule has 2 aromatic rings. The third-order valence-electron chi connectivity index (χ3n) is 6.29. The molecule has 33 heavy (non-hydrogen) atoms. The summed E-state index contributed by atoms with van der Waals surface area (Å²) in [4.78, 5) is 42.3. The lowest BCUT2D eigenvalue weighted by Gasteiger charge is -2.26. The highest BCUT2D eigenvalue weighted by Gasteiger charge is 2.27. The van der Waals surface area contributed by atoms with E-state index in [1.54, 1.807) is 11.3 Å². The Hall–Kier alpha value is -2.34. The van der Waals surface area contributed by atoms with Gasteiger partial charge in [0.05, 0.1) is 21.1 Å². The highest BCUT2D eigenvalue weighted by Crippen LogP contribution is 2.27. The summed E-state index contributed by atoms with van der Waals surface area (Å²) in [6.45, 7) is 11.8. The Kier molecular flexibility index (Phi) is 10.9. The number of fused-ring (bicyclic) bond motifs is 1. The Bertz CT molecular complexity index is 965. The first-order chi connectivity index (χ1) is 15.8. The van der Waals surface area contributed by atoms with Gasteiger partial charge < -0.3 is 5.32 Å². The normalized spacial score (nSPS) is 13.9. The number of benzene rings is 1. The van der Waals surface area contributed by atoms with Crippen LogP contribution >= 0.6 is 11.3 Å². The van der Waals surface area contributed by atoms with Crippen LogP contribution in [0.2, 0.25) is 0 Å². The van der Waals surface area contributed by atoms with E-state index in [9.17, 15) is 14.4 Å². The number of aromatic nitrogens is 1. The monoisotopic (exact) mass is 470 g/mol. The molecular formula is C27H38N2O3S. The van der Waals surface area contributed by atoms with E-state index in [0.717, 1.165) is 34.5 Å². The van der Waals surface area contributed by atoms with Gasteiger partial charge in [0.1, 0.15) is 5.78 Å². The largest absolute Gasteiger partial charge is 0.353 e. The standard InChI is InChI=1S/C27H38N2O3S/c1-6-10-22(31)16-20(17-26-28-24-13-11-19(8-3)15-25(24)33-26)27(32)29-23(18(5)7-2)14-12-21(30)9-4/h9,11,13,15,18,20,23H,4,6-8,10,12,14,16-17H2,1-3,5H3,(H,29,32)/t18-,20-,23+/m0/s1. The van der Waals surface area contributed by atoms with Crippen LogP contribution in [0, 0.1) is 11.8 Å². The highest BCUT2D eigenvalue weighted by atomic mass is 32.1. The molecule has 1 aromatic carbocycles. The lowest BCUT2D eigenvalue weighted by Crippen LogP contribution is -2.43. The molecule has 1 heterocycles. The van der Waals surface area contributed by atoms with Crippen molar-refractivity contribution in [1.29, 1.82) is 0 Å². The fraction of sp³-hybridized carbons (Fsp3) is 0.556. The summed E-state index contributed by atoms with van der Waals surface area (Å²) in [6.07, 6.45) is 6.03. The van der Waals surface area contributed by atoms with E-state index in [0.29, 0.717) is 25.7 Å². The van der Waals surface area contributed by atoms with E-state index in [1.807, 2.05) is 13.0 Å². The van der Waals surface area contributed by atoms with Gasteiger partial charge >= 0.3 is 0 Å². The Labute approximate surface area is 202 Å². The van der Waals surface area contributed by atoms with Crippen molar-refractivity contribution in [2.45, 2.75) is 85.1 Å². The topological polar surface area (TPSA) is 76.1 Å². The van der Waals surface area contributed by atoms with Crippen LogP contribution in [0.5, 0.6) is 0 Å². The molecule has 0 saturated heterocycles. The molecule has 1 N–H and O–H groups in total. The molecule has 0 unspecified atom stereocenters. The van der Waals surface area contributed by atoms with Gasteiger partial charge in [-0.1, -0.05) is 46.8 Å². The van der Waals surface area contributed by atoms with Crippen LogP contribution in [0.1, 0.15) is 76.8 Å². The predicted octanol–water partition coefficient (Wildman–Crippen LogP) is 5.84. The van der Waals surface area contributed by atoms with Crippen molar-refractivity contribution in [2.75, 3.05) is 0 Å². The van der Waals surface area contributed by atoms with E-state index in [1.165, 1.54) is 11.6 Å². The molecule has 0 aliphatic carbocycles. The quantitative estimate of drug-likeness (QED) is 0.332. The summed E-state index contributed by atoms with van der Waals surface area (Å²) in [5.74, 6) is -0.267. The number of aryl methyl sites for hydroxylation is 1. The number of rotatable bonds is 15. The van der Waals surface area contributed by atoms with Crippen molar-refractivity contribution in [3.05, 3.63) is 41.4 Å². The lowest BCUT2D eigenvalue weighted by atomic mass is 9.91. The Morgan fingerprint density at radius 3 is 2.58 bits per heavy atom. The summed E-state index contributed by atoms with van der Waals surface area (Å²) in [5.41, 5.74) is 2.20. The van der Waals surface area contributed by atoms with Crippen LogP contribution < -0.4 is 5.32 Å². The molecule has 5 nitrogen and oxygen atoms in total. The third-order valence-corrected chi connectivity index (χ3v) is 7.33. The third kappa shape index (κ3) is 8.18. The van der Waals surface area contributed by atoms with Crippen molar-refractivity contribution >= 4 is 39.0 Å². The van der Waals surface area contributed by atoms with Gasteiger partial charge in [0.2, 0.25) is 5.91 Å². The van der Waals surface area contributed by atoms with E-state index in [4.69, 9.17) is 4.98 Å². The molecular weight excluding hydrogens is 432 g/mol. The fourth-order valence-corrected chi connectivity index (χ4v) is 5.04. The van der Waals surface area contributed by atoms with Crippen molar-refractivity contribution in [3.8, 4) is 0 Å². The molecule has 0 radical (unpaired) electrons. The second-order valence-corrected chi connectivity index (χ2v) is 9.98. The molecule has 6 heteroatoms. The number of nitrogens with one attached hydrogen (secondary N) is 1. The zero-order chi connectivity index (χ0) is 24.4. The Morgan fingerprint density at radius 1 is 1.18 bits per heavy atom. The second kappa shape index (κ2) is 13.4. The molecule has 2 rings (SSSR count). The molecule has 0 aliphatic rings. The minimum Gasteiger partial charge on any atom is -0.353 e. The number of Topliss-reactive ketones (excluding diaryl/α,β-unsaturated/α-hetero) is 1. The minimum atomic E-state index is -0.461. The van der Waals surface area contributed by atoms with E-state index in [-0.39, 0.29) is 35.9 Å². The summed E-state index contributed by atoms with van der Waals surface area (Å²) < 4.78 is 1.11. The fourth-order valence-electron chi connectivity index (χ4n) is 3.93. The van der Waals surface area contributed by atoms with Crippen LogP contribution in [-0.4, -0.2) is 28.5 Å². The first-order valence-corrected chi connectivity index (χ1v) is 13.0. The van der Waals surface area contributed by atoms with Gasteiger partial charge in [-0.2, -0.15) is 0 Å². The molecule has 1 amide bonds. The number of carbonyl (C=O) groups excluding carboxylic acids is 3. The van der Waals surface area contributed by atoms with Crippen molar-refractivity contribution in [3.63, 3.8) is 0 Å². The zero-order valence-corrected chi connectivity index (χ0v) is 21.3. The Balaban J connectivity index is 2.21. The molecule has 3 atom stereocenters. The van der Waals surface area contributed by atoms with Gasteiger partial charge in [-0.15, -0.1) is 11.3 Å². The number of nitrogens with zero attached hydrogens (tertiary/aromatic N) is 1. The number of hydrogen-bond acceptors (Lipinski definition) is 5. The molecule has 0 bridgehead atoms. The maximum absolute atomic E-state index is 13.4. The van der Waals surface area contributed by atoms with Crippen LogP contribution in [-0.2, 0) is 27.2 Å². The van der Waals surface area contributed by atoms with Crippen molar-refractivity contribution < 1.29 is 14.4 Å². The number of thiazole rings is 1. The van der Waals surface area contributed by atoms with Crippen LogP contribution in [0.3, 0.4) is 0 Å². The average molecular weight is 471 g/mol. The number of carbonyl (C=O) groups is 3. The summed E-state index contributed by atoms with van der Waals surface area (Å²) in [6, 6.07) is 6.16. The first-order valence-electron chi connectivity index (χ1n) is 12.2. The van der Waals surface area contributed by atoms with Gasteiger partial charge in [0, 0.05) is 31.7 Å². The van der Waals surface area contributed by atoms with Gasteiger partial charge in [-0.3, -0.25) is 14.4 Å². The number of amides is 1. The van der Waals surface area contributed by atoms with E-state index in [2.05, 4.69) is 44.8 Å². The molecule has 0 spiro atoms. The summed E-state index contributed by atoms with van der Waals surface area (Å²) >= 11 is 1.60. The summed E-state index contributed by atoms with van der Waals surface area (Å²) in [7, 11) is 0. The van der Waals surface area contributed by atoms with Crippen molar-refractivity contribution in [1.82, 2.24) is 10.3 Å². The zero-order valence-electron chi connectivity index (χ0n) is 20.5. The average Bonchev–Trinajstić information content (AvgIpc) is 3.21. The number of hydrogen-bond donors (Lipinski definition) is 1. The first kappa shape index (κ1) is 26.9. The van der Waals surface area contributed by atoms with Gasteiger partial charge in [0.25, 0.3) is 0 Å². The van der Waals surface area contributed by atoms with Crippen LogP contribution in [0.4, 0.5) is 0 Å². The van der Waals surface area contributed by atoms with Crippen molar-refractivity contribution in [2.24, 2.45) is 11.8 Å². The molecule has 0 saturated carbocycles. The molecule has 180 valence electrons. The van der Waals surface area contributed by atoms with Crippen LogP contribution in [0.15, 0.2) is 30.9 Å². The number of ketones is 2. The second-order valence-electron chi connectivity index (χ2n) is 8.87.